The van der Waals surface area contributed by atoms with Gasteiger partial charge < -0.3 is 4.74 Å². The van der Waals surface area contributed by atoms with Gasteiger partial charge in [0.25, 0.3) is 0 Å². The van der Waals surface area contributed by atoms with Crippen molar-refractivity contribution in [2.45, 2.75) is 6.92 Å². The van der Waals surface area contributed by atoms with Gasteiger partial charge in [-0.25, -0.2) is 9.18 Å². The zero-order valence-corrected chi connectivity index (χ0v) is 10.8. The molecule has 0 atom stereocenters. The van der Waals surface area contributed by atoms with Gasteiger partial charge in [0.2, 0.25) is 0 Å². The maximum absolute atomic E-state index is 13.9. The molecule has 0 N–H and O–H groups in total. The van der Waals surface area contributed by atoms with Crippen LogP contribution >= 0.6 is 23.2 Å². The lowest BCUT2D eigenvalue weighted by Crippen LogP contribution is -2.06. The average molecular weight is 288 g/mol. The normalized spacial score (nSPS) is 10.7. The molecule has 0 fully saturated rings. The van der Waals surface area contributed by atoms with Crippen LogP contribution in [0.1, 0.15) is 17.3 Å². The molecule has 94 valence electrons. The number of esters is 1. The van der Waals surface area contributed by atoms with Crippen molar-refractivity contribution in [1.82, 2.24) is 4.98 Å². The van der Waals surface area contributed by atoms with Crippen LogP contribution in [0.5, 0.6) is 0 Å². The van der Waals surface area contributed by atoms with E-state index in [9.17, 15) is 9.18 Å². The summed E-state index contributed by atoms with van der Waals surface area (Å²) in [4.78, 5) is 15.6. The molecule has 1 aromatic heterocycles. The van der Waals surface area contributed by atoms with E-state index in [1.165, 1.54) is 18.3 Å². The Morgan fingerprint density at radius 1 is 1.44 bits per heavy atom. The number of benzene rings is 1. The summed E-state index contributed by atoms with van der Waals surface area (Å²) in [6, 6.07) is 2.91. The van der Waals surface area contributed by atoms with Gasteiger partial charge in [-0.1, -0.05) is 23.2 Å². The van der Waals surface area contributed by atoms with E-state index in [4.69, 9.17) is 27.9 Å². The Bertz CT molecular complexity index is 631. The molecule has 0 aliphatic rings. The fourth-order valence-electron chi connectivity index (χ4n) is 1.53. The van der Waals surface area contributed by atoms with Gasteiger partial charge in [-0.3, -0.25) is 4.98 Å². The van der Waals surface area contributed by atoms with Crippen molar-refractivity contribution in [2.75, 3.05) is 6.61 Å². The number of nitrogens with zero attached hydrogens (tertiary/aromatic N) is 1. The Balaban J connectivity index is 2.70. The fraction of sp³-hybridized carbons (Fsp3) is 0.167. The van der Waals surface area contributed by atoms with Crippen LogP contribution in [0, 0.1) is 5.82 Å². The molecule has 0 radical (unpaired) electrons. The molecule has 0 bridgehead atoms. The van der Waals surface area contributed by atoms with Crippen molar-refractivity contribution >= 4 is 40.1 Å². The highest BCUT2D eigenvalue weighted by Crippen LogP contribution is 2.31. The molecule has 1 heterocycles. The lowest BCUT2D eigenvalue weighted by Gasteiger charge is -2.07. The Labute approximate surface area is 112 Å². The third-order valence-corrected chi connectivity index (χ3v) is 3.04. The van der Waals surface area contributed by atoms with Gasteiger partial charge in [0.1, 0.15) is 0 Å². The van der Waals surface area contributed by atoms with Crippen molar-refractivity contribution in [3.05, 3.63) is 39.8 Å². The zero-order valence-electron chi connectivity index (χ0n) is 9.34. The topological polar surface area (TPSA) is 39.2 Å². The van der Waals surface area contributed by atoms with E-state index in [0.717, 1.165) is 0 Å². The summed E-state index contributed by atoms with van der Waals surface area (Å²) < 4.78 is 18.7. The van der Waals surface area contributed by atoms with Crippen molar-refractivity contribution in [3.8, 4) is 0 Å². The molecule has 0 saturated carbocycles. The first-order chi connectivity index (χ1) is 8.56. The smallest absolute Gasteiger partial charge is 0.341 e. The average Bonchev–Trinajstić information content (AvgIpc) is 2.34. The van der Waals surface area contributed by atoms with Gasteiger partial charge in [0, 0.05) is 6.20 Å². The van der Waals surface area contributed by atoms with Gasteiger partial charge in [-0.05, 0) is 19.1 Å². The highest BCUT2D eigenvalue weighted by molar-refractivity contribution is 6.39. The van der Waals surface area contributed by atoms with E-state index in [2.05, 4.69) is 4.98 Å². The predicted molar refractivity (Wildman–Crippen MR) is 67.7 cm³/mol. The Kier molecular flexibility index (Phi) is 3.68. The molecule has 1 aromatic carbocycles. The van der Waals surface area contributed by atoms with E-state index in [1.807, 2.05) is 0 Å². The highest BCUT2D eigenvalue weighted by Gasteiger charge is 2.18. The number of rotatable bonds is 2. The van der Waals surface area contributed by atoms with Gasteiger partial charge in [0.15, 0.2) is 5.82 Å². The Morgan fingerprint density at radius 3 is 2.83 bits per heavy atom. The van der Waals surface area contributed by atoms with Gasteiger partial charge >= 0.3 is 5.97 Å². The van der Waals surface area contributed by atoms with E-state index in [-0.39, 0.29) is 27.6 Å². The second kappa shape index (κ2) is 5.08. The summed E-state index contributed by atoms with van der Waals surface area (Å²) >= 11 is 11.7. The molecular weight excluding hydrogens is 280 g/mol. The first kappa shape index (κ1) is 13.1. The quantitative estimate of drug-likeness (QED) is 0.788. The molecule has 0 aliphatic heterocycles. The summed E-state index contributed by atoms with van der Waals surface area (Å²) in [6.07, 6.45) is 1.26. The SMILES string of the molecule is CCOC(=O)c1cnc2ccc(Cl)c(F)c2c1Cl. The summed E-state index contributed by atoms with van der Waals surface area (Å²) in [6.45, 7) is 1.86. The summed E-state index contributed by atoms with van der Waals surface area (Å²) in [7, 11) is 0. The molecule has 6 heteroatoms. The molecular formula is C12H8Cl2FNO2. The van der Waals surface area contributed by atoms with E-state index >= 15 is 0 Å². The third-order valence-electron chi connectivity index (χ3n) is 2.36. The third kappa shape index (κ3) is 2.13. The standard InChI is InChI=1S/C12H8Cl2FNO2/c1-2-18-12(17)6-5-16-8-4-3-7(13)11(15)9(8)10(6)14/h3-5H,2H2,1H3. The fourth-order valence-corrected chi connectivity index (χ4v) is 2.00. The molecule has 18 heavy (non-hydrogen) atoms. The number of aromatic nitrogens is 1. The van der Waals surface area contributed by atoms with Gasteiger partial charge in [0.05, 0.1) is 33.1 Å². The Morgan fingerprint density at radius 2 is 2.17 bits per heavy atom. The number of hydrogen-bond donors (Lipinski definition) is 0. The monoisotopic (exact) mass is 287 g/mol. The number of pyridine rings is 1. The number of ether oxygens (including phenoxy) is 1. The van der Waals surface area contributed by atoms with Gasteiger partial charge in [-0.2, -0.15) is 0 Å². The van der Waals surface area contributed by atoms with Crippen LogP contribution in [-0.2, 0) is 4.74 Å². The second-order valence-electron chi connectivity index (χ2n) is 3.46. The summed E-state index contributed by atoms with van der Waals surface area (Å²) in [5, 5.41) is -0.0969. The molecule has 0 amide bonds. The maximum atomic E-state index is 13.9. The van der Waals surface area contributed by atoms with Crippen LogP contribution in [0.15, 0.2) is 18.3 Å². The van der Waals surface area contributed by atoms with Crippen LogP contribution in [0.25, 0.3) is 10.9 Å². The highest BCUT2D eigenvalue weighted by atomic mass is 35.5. The Hall–Kier alpha value is -1.39. The number of hydrogen-bond acceptors (Lipinski definition) is 3. The zero-order chi connectivity index (χ0) is 13.3. The van der Waals surface area contributed by atoms with Crippen molar-refractivity contribution in [1.29, 1.82) is 0 Å². The summed E-state index contributed by atoms with van der Waals surface area (Å²) in [5.74, 6) is -1.34. The lowest BCUT2D eigenvalue weighted by atomic mass is 10.1. The first-order valence-corrected chi connectivity index (χ1v) is 5.91. The van der Waals surface area contributed by atoms with Crippen LogP contribution in [-0.4, -0.2) is 17.6 Å². The van der Waals surface area contributed by atoms with Crippen LogP contribution in [0.4, 0.5) is 4.39 Å². The molecule has 0 saturated heterocycles. The van der Waals surface area contributed by atoms with E-state index < -0.39 is 11.8 Å². The maximum Gasteiger partial charge on any atom is 0.341 e. The number of carbonyl (C=O) groups is 1. The minimum Gasteiger partial charge on any atom is -0.462 e. The van der Waals surface area contributed by atoms with Crippen molar-refractivity contribution < 1.29 is 13.9 Å². The molecule has 3 nitrogen and oxygen atoms in total. The molecule has 0 unspecified atom stereocenters. The first-order valence-electron chi connectivity index (χ1n) is 5.15. The van der Waals surface area contributed by atoms with E-state index in [0.29, 0.717) is 5.52 Å². The van der Waals surface area contributed by atoms with Crippen molar-refractivity contribution in [2.24, 2.45) is 0 Å². The predicted octanol–water partition coefficient (Wildman–Crippen LogP) is 3.86. The molecule has 2 rings (SSSR count). The number of fused-ring (bicyclic) bond motifs is 1. The largest absolute Gasteiger partial charge is 0.462 e. The number of halogens is 3. The lowest BCUT2D eigenvalue weighted by molar-refractivity contribution is 0.0526. The van der Waals surface area contributed by atoms with Crippen LogP contribution in [0.3, 0.4) is 0 Å². The van der Waals surface area contributed by atoms with Crippen molar-refractivity contribution in [3.63, 3.8) is 0 Å². The number of carbonyl (C=O) groups excluding carboxylic acids is 1. The van der Waals surface area contributed by atoms with Crippen LogP contribution < -0.4 is 0 Å². The second-order valence-corrected chi connectivity index (χ2v) is 4.25. The van der Waals surface area contributed by atoms with E-state index in [1.54, 1.807) is 6.92 Å². The summed E-state index contributed by atoms with van der Waals surface area (Å²) in [5.41, 5.74) is 0.349. The molecule has 0 aliphatic carbocycles. The minimum absolute atomic E-state index is 0.0205. The molecule has 2 aromatic rings. The minimum atomic E-state index is -0.696. The van der Waals surface area contributed by atoms with Gasteiger partial charge in [-0.15, -0.1) is 0 Å². The molecule has 0 spiro atoms. The van der Waals surface area contributed by atoms with Crippen LogP contribution in [0.2, 0.25) is 10.0 Å².